The summed E-state index contributed by atoms with van der Waals surface area (Å²) in [6, 6.07) is 3.97. The molecule has 2 rings (SSSR count). The van der Waals surface area contributed by atoms with Crippen molar-refractivity contribution >= 4 is 0 Å². The van der Waals surface area contributed by atoms with Crippen LogP contribution in [0.15, 0.2) is 18.2 Å². The Bertz CT molecular complexity index is 380. The second-order valence-electron chi connectivity index (χ2n) is 4.94. The van der Waals surface area contributed by atoms with Crippen LogP contribution in [0.1, 0.15) is 25.8 Å². The van der Waals surface area contributed by atoms with E-state index in [1.54, 1.807) is 0 Å². The van der Waals surface area contributed by atoms with Crippen LogP contribution >= 0.6 is 0 Å². The van der Waals surface area contributed by atoms with E-state index in [9.17, 15) is 8.78 Å². The number of rotatable bonds is 2. The largest absolute Gasteiger partial charge is 0.330 e. The lowest BCUT2D eigenvalue weighted by molar-refractivity contribution is 0.449. The van der Waals surface area contributed by atoms with Crippen LogP contribution < -0.4 is 5.73 Å². The van der Waals surface area contributed by atoms with E-state index in [1.165, 1.54) is 18.2 Å². The minimum absolute atomic E-state index is 0.106. The topological polar surface area (TPSA) is 26.0 Å². The van der Waals surface area contributed by atoms with Gasteiger partial charge in [-0.2, -0.15) is 0 Å². The van der Waals surface area contributed by atoms with Crippen molar-refractivity contribution in [3.8, 4) is 0 Å². The van der Waals surface area contributed by atoms with E-state index < -0.39 is 17.0 Å². The molecule has 1 aliphatic carbocycles. The first kappa shape index (κ1) is 10.6. The summed E-state index contributed by atoms with van der Waals surface area (Å²) in [6.45, 7) is 4.27. The Hall–Kier alpha value is -0.960. The van der Waals surface area contributed by atoms with Gasteiger partial charge in [0, 0.05) is 17.5 Å². The van der Waals surface area contributed by atoms with Crippen LogP contribution in [0.3, 0.4) is 0 Å². The quantitative estimate of drug-likeness (QED) is 0.799. The van der Waals surface area contributed by atoms with Crippen LogP contribution in [0.2, 0.25) is 0 Å². The highest BCUT2D eigenvalue weighted by molar-refractivity contribution is 5.39. The molecule has 1 atom stereocenters. The van der Waals surface area contributed by atoms with Crippen LogP contribution in [-0.4, -0.2) is 6.54 Å². The van der Waals surface area contributed by atoms with Crippen molar-refractivity contribution in [3.63, 3.8) is 0 Å². The van der Waals surface area contributed by atoms with Gasteiger partial charge in [0.25, 0.3) is 0 Å². The zero-order valence-corrected chi connectivity index (χ0v) is 8.98. The first-order chi connectivity index (χ1) is 6.94. The van der Waals surface area contributed by atoms with Crippen LogP contribution in [0.25, 0.3) is 0 Å². The third-order valence-corrected chi connectivity index (χ3v) is 3.70. The maximum absolute atomic E-state index is 13.6. The average Bonchev–Trinajstić information content (AvgIpc) is 2.69. The molecule has 82 valence electrons. The minimum atomic E-state index is -0.511. The molecule has 1 aliphatic rings. The predicted molar refractivity (Wildman–Crippen MR) is 55.5 cm³/mol. The lowest BCUT2D eigenvalue weighted by atomic mass is 9.87. The molecule has 0 heterocycles. The highest BCUT2D eigenvalue weighted by Gasteiger charge is 2.62. The van der Waals surface area contributed by atoms with Gasteiger partial charge in [0.1, 0.15) is 11.6 Å². The SMILES string of the molecule is CC1(C)CC1(CN)c1c(F)cccc1F. The van der Waals surface area contributed by atoms with E-state index in [0.29, 0.717) is 0 Å². The standard InChI is InChI=1S/C12H15F2N/c1-11(2)6-12(11,7-15)10-8(13)4-3-5-9(10)14/h3-5H,6-7,15H2,1-2H3. The first-order valence-electron chi connectivity index (χ1n) is 5.09. The second-order valence-corrected chi connectivity index (χ2v) is 4.94. The monoisotopic (exact) mass is 211 g/mol. The first-order valence-corrected chi connectivity index (χ1v) is 5.09. The zero-order chi connectivity index (χ0) is 11.3. The van der Waals surface area contributed by atoms with Gasteiger partial charge in [0.15, 0.2) is 0 Å². The molecule has 0 amide bonds. The number of hydrogen-bond donors (Lipinski definition) is 1. The summed E-state index contributed by atoms with van der Waals surface area (Å²) in [4.78, 5) is 0. The van der Waals surface area contributed by atoms with Crippen molar-refractivity contribution in [1.29, 1.82) is 0 Å². The molecule has 0 bridgehead atoms. The van der Waals surface area contributed by atoms with E-state index in [0.717, 1.165) is 6.42 Å². The van der Waals surface area contributed by atoms with Gasteiger partial charge in [0.05, 0.1) is 0 Å². The lowest BCUT2D eigenvalue weighted by Gasteiger charge is -2.20. The molecule has 1 aromatic carbocycles. The predicted octanol–water partition coefficient (Wildman–Crippen LogP) is 2.59. The molecule has 0 aliphatic heterocycles. The number of benzene rings is 1. The maximum Gasteiger partial charge on any atom is 0.129 e. The van der Waals surface area contributed by atoms with Gasteiger partial charge in [-0.05, 0) is 24.0 Å². The summed E-state index contributed by atoms with van der Waals surface area (Å²) in [6.07, 6.45) is 0.744. The van der Waals surface area contributed by atoms with Crippen LogP contribution in [0.5, 0.6) is 0 Å². The molecule has 1 unspecified atom stereocenters. The molecule has 0 spiro atoms. The summed E-state index contributed by atoms with van der Waals surface area (Å²) < 4.78 is 27.2. The van der Waals surface area contributed by atoms with E-state index in [-0.39, 0.29) is 17.5 Å². The Labute approximate surface area is 88.3 Å². The van der Waals surface area contributed by atoms with Gasteiger partial charge in [-0.3, -0.25) is 0 Å². The molecule has 0 radical (unpaired) electrons. The fourth-order valence-electron chi connectivity index (χ4n) is 2.54. The molecule has 1 saturated carbocycles. The normalized spacial score (nSPS) is 27.8. The number of nitrogens with two attached hydrogens (primary N) is 1. The number of hydrogen-bond acceptors (Lipinski definition) is 1. The summed E-state index contributed by atoms with van der Waals surface area (Å²) in [5.41, 5.74) is 5.23. The van der Waals surface area contributed by atoms with Crippen LogP contribution in [0, 0.1) is 17.0 Å². The maximum atomic E-state index is 13.6. The van der Waals surface area contributed by atoms with Crippen molar-refractivity contribution < 1.29 is 8.78 Å². The summed E-state index contributed by atoms with van der Waals surface area (Å²) in [7, 11) is 0. The average molecular weight is 211 g/mol. The van der Waals surface area contributed by atoms with Gasteiger partial charge in [0.2, 0.25) is 0 Å². The summed E-state index contributed by atoms with van der Waals surface area (Å²) in [5.74, 6) is -0.961. The Morgan fingerprint density at radius 2 is 1.73 bits per heavy atom. The molecule has 1 aromatic rings. The van der Waals surface area contributed by atoms with Crippen molar-refractivity contribution in [1.82, 2.24) is 0 Å². The molecule has 0 aromatic heterocycles. The molecular weight excluding hydrogens is 196 g/mol. The van der Waals surface area contributed by atoms with E-state index in [1.807, 2.05) is 13.8 Å². The Morgan fingerprint density at radius 1 is 1.27 bits per heavy atom. The van der Waals surface area contributed by atoms with Crippen molar-refractivity contribution in [2.24, 2.45) is 11.1 Å². The molecule has 1 fully saturated rings. The molecule has 1 nitrogen and oxygen atoms in total. The Morgan fingerprint density at radius 3 is 2.07 bits per heavy atom. The van der Waals surface area contributed by atoms with Crippen LogP contribution in [0.4, 0.5) is 8.78 Å². The van der Waals surface area contributed by atoms with Crippen molar-refractivity contribution in [2.75, 3.05) is 6.54 Å². The van der Waals surface area contributed by atoms with E-state index in [4.69, 9.17) is 5.73 Å². The third kappa shape index (κ3) is 1.29. The van der Waals surface area contributed by atoms with E-state index >= 15 is 0 Å². The molecule has 0 saturated heterocycles. The Kier molecular flexibility index (Phi) is 2.12. The zero-order valence-electron chi connectivity index (χ0n) is 8.98. The van der Waals surface area contributed by atoms with Crippen LogP contribution in [-0.2, 0) is 5.41 Å². The van der Waals surface area contributed by atoms with Gasteiger partial charge in [-0.15, -0.1) is 0 Å². The molecule has 3 heteroatoms. The highest BCUT2D eigenvalue weighted by atomic mass is 19.1. The molecular formula is C12H15F2N. The van der Waals surface area contributed by atoms with Gasteiger partial charge < -0.3 is 5.73 Å². The van der Waals surface area contributed by atoms with Gasteiger partial charge in [-0.25, -0.2) is 8.78 Å². The summed E-state index contributed by atoms with van der Waals surface area (Å²) in [5, 5.41) is 0. The smallest absolute Gasteiger partial charge is 0.129 e. The lowest BCUT2D eigenvalue weighted by Crippen LogP contribution is -2.27. The van der Waals surface area contributed by atoms with Gasteiger partial charge in [-0.1, -0.05) is 19.9 Å². The highest BCUT2D eigenvalue weighted by Crippen LogP contribution is 2.64. The third-order valence-electron chi connectivity index (χ3n) is 3.70. The van der Waals surface area contributed by atoms with Gasteiger partial charge >= 0.3 is 0 Å². The minimum Gasteiger partial charge on any atom is -0.330 e. The Balaban J connectivity index is 2.55. The molecule has 15 heavy (non-hydrogen) atoms. The fourth-order valence-corrected chi connectivity index (χ4v) is 2.54. The summed E-state index contributed by atoms with van der Waals surface area (Å²) >= 11 is 0. The molecule has 2 N–H and O–H groups in total. The van der Waals surface area contributed by atoms with Crippen molar-refractivity contribution in [2.45, 2.75) is 25.7 Å². The van der Waals surface area contributed by atoms with Crippen molar-refractivity contribution in [3.05, 3.63) is 35.4 Å². The number of halogens is 2. The fraction of sp³-hybridized carbons (Fsp3) is 0.500. The second kappa shape index (κ2) is 3.01. The van der Waals surface area contributed by atoms with E-state index in [2.05, 4.69) is 0 Å².